The van der Waals surface area contributed by atoms with E-state index >= 15 is 0 Å². The standard InChI is InChI=1S/C11H24N2O3S/c1-3-13(8-9-16-2)17(14,15)10-4-7-12-11-5-6-11/h11-12H,3-10H2,1-2H3. The molecule has 1 aliphatic carbocycles. The smallest absolute Gasteiger partial charge is 0.214 e. The average molecular weight is 264 g/mol. The number of methoxy groups -OCH3 is 1. The van der Waals surface area contributed by atoms with Crippen molar-refractivity contribution in [1.82, 2.24) is 9.62 Å². The number of sulfonamides is 1. The maximum atomic E-state index is 12.0. The Balaban J connectivity index is 2.24. The van der Waals surface area contributed by atoms with E-state index in [1.165, 1.54) is 17.1 Å². The zero-order valence-corrected chi connectivity index (χ0v) is 11.6. The van der Waals surface area contributed by atoms with E-state index in [1.54, 1.807) is 7.11 Å². The van der Waals surface area contributed by atoms with Crippen molar-refractivity contribution < 1.29 is 13.2 Å². The molecule has 0 aromatic rings. The fourth-order valence-corrected chi connectivity index (χ4v) is 3.18. The van der Waals surface area contributed by atoms with Gasteiger partial charge in [0.05, 0.1) is 12.4 Å². The third kappa shape index (κ3) is 5.81. The molecule has 0 aliphatic heterocycles. The van der Waals surface area contributed by atoms with Crippen molar-refractivity contribution >= 4 is 10.0 Å². The Morgan fingerprint density at radius 2 is 2.12 bits per heavy atom. The van der Waals surface area contributed by atoms with Crippen LogP contribution in [0.3, 0.4) is 0 Å². The Morgan fingerprint density at radius 1 is 1.41 bits per heavy atom. The molecule has 102 valence electrons. The first-order valence-electron chi connectivity index (χ1n) is 6.30. The van der Waals surface area contributed by atoms with Gasteiger partial charge in [-0.2, -0.15) is 4.31 Å². The second kappa shape index (κ2) is 7.31. The molecule has 0 amide bonds. The summed E-state index contributed by atoms with van der Waals surface area (Å²) in [5.74, 6) is 0.226. The lowest BCUT2D eigenvalue weighted by atomic mass is 10.5. The summed E-state index contributed by atoms with van der Waals surface area (Å²) in [6.45, 7) is 4.07. The summed E-state index contributed by atoms with van der Waals surface area (Å²) in [6.07, 6.45) is 3.16. The monoisotopic (exact) mass is 264 g/mol. The molecule has 1 rings (SSSR count). The van der Waals surface area contributed by atoms with Gasteiger partial charge in [-0.05, 0) is 25.8 Å². The molecule has 17 heavy (non-hydrogen) atoms. The van der Waals surface area contributed by atoms with Crippen molar-refractivity contribution in [3.05, 3.63) is 0 Å². The number of nitrogens with one attached hydrogen (secondary N) is 1. The molecule has 0 bridgehead atoms. The number of ether oxygens (including phenoxy) is 1. The number of hydrogen-bond acceptors (Lipinski definition) is 4. The number of rotatable bonds is 10. The molecule has 0 saturated heterocycles. The predicted molar refractivity (Wildman–Crippen MR) is 68.6 cm³/mol. The zero-order chi connectivity index (χ0) is 12.7. The molecule has 0 aromatic carbocycles. The normalized spacial score (nSPS) is 16.6. The molecule has 1 aliphatic rings. The fraction of sp³-hybridized carbons (Fsp3) is 1.00. The van der Waals surface area contributed by atoms with E-state index < -0.39 is 10.0 Å². The van der Waals surface area contributed by atoms with E-state index in [0.29, 0.717) is 32.2 Å². The summed E-state index contributed by atoms with van der Waals surface area (Å²) in [5, 5.41) is 3.32. The highest BCUT2D eigenvalue weighted by Crippen LogP contribution is 2.18. The molecule has 6 heteroatoms. The molecule has 5 nitrogen and oxygen atoms in total. The van der Waals surface area contributed by atoms with Crippen molar-refractivity contribution in [2.75, 3.05) is 39.1 Å². The van der Waals surface area contributed by atoms with Crippen LogP contribution in [0, 0.1) is 0 Å². The summed E-state index contributed by atoms with van der Waals surface area (Å²) in [6, 6.07) is 0.647. The van der Waals surface area contributed by atoms with E-state index in [-0.39, 0.29) is 5.75 Å². The molecule has 0 aromatic heterocycles. The number of likely N-dealkylation sites (N-methyl/N-ethyl adjacent to an activating group) is 1. The van der Waals surface area contributed by atoms with Crippen LogP contribution in [0.4, 0.5) is 0 Å². The molecule has 0 atom stereocenters. The van der Waals surface area contributed by atoms with E-state index in [2.05, 4.69) is 5.32 Å². The minimum Gasteiger partial charge on any atom is -0.383 e. The van der Waals surface area contributed by atoms with Crippen LogP contribution in [0.2, 0.25) is 0 Å². The molecule has 0 radical (unpaired) electrons. The molecule has 1 fully saturated rings. The Labute approximate surface area is 105 Å². The van der Waals surface area contributed by atoms with Gasteiger partial charge in [0.2, 0.25) is 10.0 Å². The Kier molecular flexibility index (Phi) is 6.40. The first kappa shape index (κ1) is 14.9. The van der Waals surface area contributed by atoms with Crippen molar-refractivity contribution in [1.29, 1.82) is 0 Å². The van der Waals surface area contributed by atoms with Crippen molar-refractivity contribution in [3.63, 3.8) is 0 Å². The summed E-state index contributed by atoms with van der Waals surface area (Å²) in [5.41, 5.74) is 0. The first-order chi connectivity index (χ1) is 8.10. The molecule has 0 unspecified atom stereocenters. The first-order valence-corrected chi connectivity index (χ1v) is 7.91. The molecule has 0 heterocycles. The van der Waals surface area contributed by atoms with E-state index in [1.807, 2.05) is 6.92 Å². The van der Waals surface area contributed by atoms with Gasteiger partial charge in [-0.15, -0.1) is 0 Å². The summed E-state index contributed by atoms with van der Waals surface area (Å²) < 4.78 is 30.4. The van der Waals surface area contributed by atoms with Gasteiger partial charge in [0.15, 0.2) is 0 Å². The maximum absolute atomic E-state index is 12.0. The maximum Gasteiger partial charge on any atom is 0.214 e. The fourth-order valence-electron chi connectivity index (χ4n) is 1.66. The van der Waals surface area contributed by atoms with Gasteiger partial charge in [-0.25, -0.2) is 8.42 Å². The van der Waals surface area contributed by atoms with Gasteiger partial charge >= 0.3 is 0 Å². The Morgan fingerprint density at radius 3 is 2.65 bits per heavy atom. The SMILES string of the molecule is CCN(CCOC)S(=O)(=O)CCCNC1CC1. The van der Waals surface area contributed by atoms with Gasteiger partial charge < -0.3 is 10.1 Å². The summed E-state index contributed by atoms with van der Waals surface area (Å²) in [7, 11) is -1.53. The van der Waals surface area contributed by atoms with Gasteiger partial charge in [0, 0.05) is 26.2 Å². The van der Waals surface area contributed by atoms with Crippen LogP contribution < -0.4 is 5.32 Å². The van der Waals surface area contributed by atoms with Gasteiger partial charge in [0.25, 0.3) is 0 Å². The number of nitrogens with zero attached hydrogens (tertiary/aromatic N) is 1. The topological polar surface area (TPSA) is 58.6 Å². The lowest BCUT2D eigenvalue weighted by Crippen LogP contribution is -2.36. The van der Waals surface area contributed by atoms with Crippen molar-refractivity contribution in [2.24, 2.45) is 0 Å². The van der Waals surface area contributed by atoms with Crippen LogP contribution in [-0.2, 0) is 14.8 Å². The molecule has 1 saturated carbocycles. The van der Waals surface area contributed by atoms with Gasteiger partial charge in [-0.3, -0.25) is 0 Å². The zero-order valence-electron chi connectivity index (χ0n) is 10.8. The largest absolute Gasteiger partial charge is 0.383 e. The van der Waals surface area contributed by atoms with Crippen molar-refractivity contribution in [2.45, 2.75) is 32.2 Å². The van der Waals surface area contributed by atoms with E-state index in [0.717, 1.165) is 6.54 Å². The van der Waals surface area contributed by atoms with E-state index in [4.69, 9.17) is 4.74 Å². The van der Waals surface area contributed by atoms with E-state index in [9.17, 15) is 8.42 Å². The molecular formula is C11H24N2O3S. The molecular weight excluding hydrogens is 240 g/mol. The third-order valence-electron chi connectivity index (χ3n) is 2.88. The van der Waals surface area contributed by atoms with Gasteiger partial charge in [-0.1, -0.05) is 6.92 Å². The molecule has 0 spiro atoms. The van der Waals surface area contributed by atoms with Crippen LogP contribution >= 0.6 is 0 Å². The average Bonchev–Trinajstić information content (AvgIpc) is 3.09. The van der Waals surface area contributed by atoms with Crippen LogP contribution in [0.5, 0.6) is 0 Å². The van der Waals surface area contributed by atoms with Crippen LogP contribution in [-0.4, -0.2) is 57.9 Å². The van der Waals surface area contributed by atoms with Crippen LogP contribution in [0.15, 0.2) is 0 Å². The van der Waals surface area contributed by atoms with Gasteiger partial charge in [0.1, 0.15) is 0 Å². The minimum atomic E-state index is -3.11. The number of hydrogen-bond donors (Lipinski definition) is 1. The lowest BCUT2D eigenvalue weighted by molar-refractivity contribution is 0.180. The van der Waals surface area contributed by atoms with Crippen LogP contribution in [0.1, 0.15) is 26.2 Å². The van der Waals surface area contributed by atoms with Crippen LogP contribution in [0.25, 0.3) is 0 Å². The predicted octanol–water partition coefficient (Wildman–Crippen LogP) is 0.427. The second-order valence-corrected chi connectivity index (χ2v) is 6.47. The molecule has 1 N–H and O–H groups in total. The quantitative estimate of drug-likeness (QED) is 0.581. The highest BCUT2D eigenvalue weighted by Gasteiger charge is 2.22. The Hall–Kier alpha value is -0.170. The summed E-state index contributed by atoms with van der Waals surface area (Å²) in [4.78, 5) is 0. The highest BCUT2D eigenvalue weighted by atomic mass is 32.2. The lowest BCUT2D eigenvalue weighted by Gasteiger charge is -2.19. The second-order valence-electron chi connectivity index (χ2n) is 4.38. The minimum absolute atomic E-state index is 0.226. The Bertz CT molecular complexity index is 302. The van der Waals surface area contributed by atoms with Crippen molar-refractivity contribution in [3.8, 4) is 0 Å². The third-order valence-corrected chi connectivity index (χ3v) is 4.91. The summed E-state index contributed by atoms with van der Waals surface area (Å²) >= 11 is 0. The highest BCUT2D eigenvalue weighted by molar-refractivity contribution is 7.89.